The molecule has 0 aromatic carbocycles. The zero-order valence-electron chi connectivity index (χ0n) is 12.2. The van der Waals surface area contributed by atoms with Crippen LogP contribution in [0.3, 0.4) is 0 Å². The van der Waals surface area contributed by atoms with Gasteiger partial charge in [-0.2, -0.15) is 0 Å². The van der Waals surface area contributed by atoms with E-state index in [-0.39, 0.29) is 11.7 Å². The van der Waals surface area contributed by atoms with E-state index in [2.05, 4.69) is 9.97 Å². The minimum Gasteiger partial charge on any atom is -0.481 e. The summed E-state index contributed by atoms with van der Waals surface area (Å²) in [4.78, 5) is 33.4. The lowest BCUT2D eigenvalue weighted by molar-refractivity contribution is -0.145. The van der Waals surface area contributed by atoms with Gasteiger partial charge in [-0.05, 0) is 32.8 Å². The van der Waals surface area contributed by atoms with Crippen LogP contribution in [0, 0.1) is 19.8 Å². The molecule has 0 spiro atoms. The molecule has 1 saturated heterocycles. The topological polar surface area (TPSA) is 83.4 Å². The Hall–Kier alpha value is -1.63. The summed E-state index contributed by atoms with van der Waals surface area (Å²) < 4.78 is 0. The van der Waals surface area contributed by atoms with E-state index in [0.717, 1.165) is 17.8 Å². The number of carboxylic acids is 1. The third-order valence-corrected chi connectivity index (χ3v) is 4.24. The van der Waals surface area contributed by atoms with Crippen LogP contribution in [-0.4, -0.2) is 50.7 Å². The maximum Gasteiger partial charge on any atom is 0.308 e. The van der Waals surface area contributed by atoms with Crippen LogP contribution in [0.15, 0.2) is 11.2 Å². The fraction of sp³-hybridized carbons (Fsp3) is 0.571. The van der Waals surface area contributed by atoms with Crippen LogP contribution in [-0.2, 0) is 9.59 Å². The van der Waals surface area contributed by atoms with Crippen molar-refractivity contribution in [1.82, 2.24) is 14.9 Å². The van der Waals surface area contributed by atoms with Gasteiger partial charge in [-0.3, -0.25) is 9.59 Å². The molecule has 1 atom stereocenters. The Morgan fingerprint density at radius 3 is 2.67 bits per heavy atom. The highest BCUT2D eigenvalue weighted by Crippen LogP contribution is 2.19. The number of carbonyl (C=O) groups is 2. The summed E-state index contributed by atoms with van der Waals surface area (Å²) in [5.41, 5.74) is 1.75. The average molecular weight is 309 g/mol. The van der Waals surface area contributed by atoms with E-state index in [0.29, 0.717) is 24.7 Å². The molecule has 2 rings (SSSR count). The number of hydrogen-bond acceptors (Lipinski definition) is 5. The monoisotopic (exact) mass is 309 g/mol. The Bertz CT molecular complexity index is 530. The van der Waals surface area contributed by atoms with Gasteiger partial charge in [0.15, 0.2) is 5.16 Å². The van der Waals surface area contributed by atoms with Crippen LogP contribution in [0.2, 0.25) is 0 Å². The number of nitrogens with zero attached hydrogens (tertiary/aromatic N) is 3. The molecule has 114 valence electrons. The molecule has 21 heavy (non-hydrogen) atoms. The van der Waals surface area contributed by atoms with Crippen molar-refractivity contribution in [3.63, 3.8) is 0 Å². The van der Waals surface area contributed by atoms with Gasteiger partial charge in [-0.1, -0.05) is 11.8 Å². The van der Waals surface area contributed by atoms with E-state index >= 15 is 0 Å². The fourth-order valence-corrected chi connectivity index (χ4v) is 3.23. The van der Waals surface area contributed by atoms with Gasteiger partial charge >= 0.3 is 5.97 Å². The number of aromatic nitrogens is 2. The molecule has 6 nitrogen and oxygen atoms in total. The molecular formula is C14H19N3O3S. The first-order valence-electron chi connectivity index (χ1n) is 6.91. The first kappa shape index (κ1) is 15.8. The molecule has 0 aliphatic carbocycles. The van der Waals surface area contributed by atoms with Gasteiger partial charge in [-0.25, -0.2) is 9.97 Å². The lowest BCUT2D eigenvalue weighted by Crippen LogP contribution is -2.43. The molecular weight excluding hydrogens is 290 g/mol. The van der Waals surface area contributed by atoms with Crippen LogP contribution >= 0.6 is 11.8 Å². The van der Waals surface area contributed by atoms with Gasteiger partial charge in [0.25, 0.3) is 0 Å². The number of aryl methyl sites for hydroxylation is 2. The second kappa shape index (κ2) is 6.89. The van der Waals surface area contributed by atoms with Crippen LogP contribution < -0.4 is 0 Å². The van der Waals surface area contributed by atoms with Gasteiger partial charge in [0.2, 0.25) is 5.91 Å². The zero-order chi connectivity index (χ0) is 15.4. The molecule has 1 aromatic rings. The molecule has 0 saturated carbocycles. The van der Waals surface area contributed by atoms with Crippen molar-refractivity contribution >= 4 is 23.6 Å². The number of carbonyl (C=O) groups excluding carboxylic acids is 1. The molecule has 1 amide bonds. The van der Waals surface area contributed by atoms with E-state index < -0.39 is 11.9 Å². The first-order chi connectivity index (χ1) is 9.95. The summed E-state index contributed by atoms with van der Waals surface area (Å²) in [6.45, 7) is 4.73. The standard InChI is InChI=1S/C14H19N3O3S/c1-9-6-10(2)16-14(15-9)21-8-12(18)17-5-3-4-11(7-17)13(19)20/h6,11H,3-5,7-8H2,1-2H3,(H,19,20)/t11-/m0/s1. The van der Waals surface area contributed by atoms with Crippen molar-refractivity contribution in [3.8, 4) is 0 Å². The van der Waals surface area contributed by atoms with E-state index in [1.807, 2.05) is 19.9 Å². The SMILES string of the molecule is Cc1cc(C)nc(SCC(=O)N2CCC[C@H](C(=O)O)C2)n1. The minimum atomic E-state index is -0.821. The predicted molar refractivity (Wildman–Crippen MR) is 79.2 cm³/mol. The van der Waals surface area contributed by atoms with E-state index in [1.165, 1.54) is 11.8 Å². The average Bonchev–Trinajstić information content (AvgIpc) is 2.44. The maximum absolute atomic E-state index is 12.2. The highest BCUT2D eigenvalue weighted by Gasteiger charge is 2.28. The van der Waals surface area contributed by atoms with Crippen LogP contribution in [0.1, 0.15) is 24.2 Å². The summed E-state index contributed by atoms with van der Waals surface area (Å²) in [6.07, 6.45) is 1.39. The number of aliphatic carboxylic acids is 1. The second-order valence-electron chi connectivity index (χ2n) is 5.24. The first-order valence-corrected chi connectivity index (χ1v) is 7.90. The van der Waals surface area contributed by atoms with Crippen molar-refractivity contribution in [2.45, 2.75) is 31.8 Å². The number of carboxylic acid groups (broad SMARTS) is 1. The molecule has 0 bridgehead atoms. The number of hydrogen-bond donors (Lipinski definition) is 1. The highest BCUT2D eigenvalue weighted by atomic mass is 32.2. The normalized spacial score (nSPS) is 18.6. The van der Waals surface area contributed by atoms with Gasteiger partial charge in [0.05, 0.1) is 11.7 Å². The minimum absolute atomic E-state index is 0.0475. The number of thioether (sulfide) groups is 1. The lowest BCUT2D eigenvalue weighted by Gasteiger charge is -2.30. The van der Waals surface area contributed by atoms with E-state index in [9.17, 15) is 9.59 Å². The molecule has 1 N–H and O–H groups in total. The Morgan fingerprint density at radius 1 is 1.38 bits per heavy atom. The smallest absolute Gasteiger partial charge is 0.308 e. The Kier molecular flexibility index (Phi) is 5.17. The fourth-order valence-electron chi connectivity index (χ4n) is 2.38. The highest BCUT2D eigenvalue weighted by molar-refractivity contribution is 7.99. The number of likely N-dealkylation sites (tertiary alicyclic amines) is 1. The van der Waals surface area contributed by atoms with Crippen LogP contribution in [0.5, 0.6) is 0 Å². The van der Waals surface area contributed by atoms with Crippen molar-refractivity contribution in [2.75, 3.05) is 18.8 Å². The van der Waals surface area contributed by atoms with Gasteiger partial charge in [-0.15, -0.1) is 0 Å². The molecule has 0 radical (unpaired) electrons. The third-order valence-electron chi connectivity index (χ3n) is 3.41. The van der Waals surface area contributed by atoms with Crippen molar-refractivity contribution < 1.29 is 14.7 Å². The van der Waals surface area contributed by atoms with Gasteiger partial charge in [0, 0.05) is 24.5 Å². The molecule has 0 unspecified atom stereocenters. The summed E-state index contributed by atoms with van der Waals surface area (Å²) in [5.74, 6) is -1.06. The van der Waals surface area contributed by atoms with E-state index in [4.69, 9.17) is 5.11 Å². The zero-order valence-corrected chi connectivity index (χ0v) is 13.0. The predicted octanol–water partition coefficient (Wildman–Crippen LogP) is 1.51. The Balaban J connectivity index is 1.90. The van der Waals surface area contributed by atoms with Crippen molar-refractivity contribution in [2.24, 2.45) is 5.92 Å². The summed E-state index contributed by atoms with van der Waals surface area (Å²) in [5, 5.41) is 9.63. The number of rotatable bonds is 4. The van der Waals surface area contributed by atoms with Crippen LogP contribution in [0.25, 0.3) is 0 Å². The molecule has 1 aromatic heterocycles. The summed E-state index contributed by atoms with van der Waals surface area (Å²) in [7, 11) is 0. The largest absolute Gasteiger partial charge is 0.481 e. The number of amides is 1. The molecule has 7 heteroatoms. The van der Waals surface area contributed by atoms with Crippen molar-refractivity contribution in [1.29, 1.82) is 0 Å². The molecule has 1 aliphatic rings. The van der Waals surface area contributed by atoms with Crippen LogP contribution in [0.4, 0.5) is 0 Å². The van der Waals surface area contributed by atoms with Crippen molar-refractivity contribution in [3.05, 3.63) is 17.5 Å². The third kappa shape index (κ3) is 4.42. The Labute approximate surface area is 128 Å². The van der Waals surface area contributed by atoms with Gasteiger partial charge in [0.1, 0.15) is 0 Å². The summed E-state index contributed by atoms with van der Waals surface area (Å²) in [6, 6.07) is 1.88. The maximum atomic E-state index is 12.2. The second-order valence-corrected chi connectivity index (χ2v) is 6.18. The molecule has 2 heterocycles. The quantitative estimate of drug-likeness (QED) is 0.670. The molecule has 1 fully saturated rings. The lowest BCUT2D eigenvalue weighted by atomic mass is 9.98. The van der Waals surface area contributed by atoms with E-state index in [1.54, 1.807) is 4.90 Å². The Morgan fingerprint density at radius 2 is 2.05 bits per heavy atom. The van der Waals surface area contributed by atoms with Gasteiger partial charge < -0.3 is 10.0 Å². The summed E-state index contributed by atoms with van der Waals surface area (Å²) >= 11 is 1.30. The number of piperidine rings is 1. The molecule has 1 aliphatic heterocycles.